The molecule has 5 nitrogen and oxygen atoms in total. The average molecular weight is 333 g/mol. The van der Waals surface area contributed by atoms with Crippen LogP contribution in [0.15, 0.2) is 40.9 Å². The van der Waals surface area contributed by atoms with Gasteiger partial charge in [-0.25, -0.2) is 0 Å². The first-order valence-corrected chi connectivity index (χ1v) is 6.43. The molecule has 0 N–H and O–H groups in total. The Morgan fingerprint density at radius 1 is 1.25 bits per heavy atom. The van der Waals surface area contributed by atoms with Crippen molar-refractivity contribution in [1.29, 1.82) is 5.26 Å². The Bertz CT molecular complexity index is 723. The van der Waals surface area contributed by atoms with E-state index in [0.29, 0.717) is 21.5 Å². The number of aryl methyl sites for hydroxylation is 1. The van der Waals surface area contributed by atoms with E-state index < -0.39 is 4.92 Å². The van der Waals surface area contributed by atoms with Crippen molar-refractivity contribution < 1.29 is 9.66 Å². The summed E-state index contributed by atoms with van der Waals surface area (Å²) in [4.78, 5) is 10.3. The van der Waals surface area contributed by atoms with Gasteiger partial charge in [-0.3, -0.25) is 10.1 Å². The second-order valence-electron chi connectivity index (χ2n) is 4.07. The number of nitrogens with zero attached hydrogens (tertiary/aromatic N) is 2. The predicted octanol–water partition coefficient (Wildman–Crippen LogP) is 4.33. The van der Waals surface area contributed by atoms with Gasteiger partial charge in [-0.2, -0.15) is 5.26 Å². The average Bonchev–Trinajstić information content (AvgIpc) is 2.42. The molecule has 0 aliphatic carbocycles. The summed E-state index contributed by atoms with van der Waals surface area (Å²) in [6.45, 7) is 1.80. The Morgan fingerprint density at radius 3 is 2.60 bits per heavy atom. The van der Waals surface area contributed by atoms with Crippen molar-refractivity contribution in [2.75, 3.05) is 0 Å². The molecule has 0 bridgehead atoms. The molecular formula is C14H9BrN2O3. The molecule has 0 saturated carbocycles. The van der Waals surface area contributed by atoms with Gasteiger partial charge in [0, 0.05) is 6.07 Å². The van der Waals surface area contributed by atoms with Crippen LogP contribution in [0, 0.1) is 28.4 Å². The summed E-state index contributed by atoms with van der Waals surface area (Å²) >= 11 is 3.31. The molecule has 2 aromatic rings. The highest BCUT2D eigenvalue weighted by Crippen LogP contribution is 2.33. The van der Waals surface area contributed by atoms with Crippen LogP contribution in [0.4, 0.5) is 5.69 Å². The van der Waals surface area contributed by atoms with Gasteiger partial charge in [0.2, 0.25) is 0 Å². The Kier molecular flexibility index (Phi) is 4.01. The first-order chi connectivity index (χ1) is 9.51. The van der Waals surface area contributed by atoms with Crippen LogP contribution in [0.1, 0.15) is 11.1 Å². The molecule has 0 amide bonds. The molecule has 0 radical (unpaired) electrons. The van der Waals surface area contributed by atoms with Gasteiger partial charge in [0.25, 0.3) is 5.69 Å². The monoisotopic (exact) mass is 332 g/mol. The third-order valence-corrected chi connectivity index (χ3v) is 3.28. The Hall–Kier alpha value is -2.39. The Balaban J connectivity index is 2.37. The van der Waals surface area contributed by atoms with Gasteiger partial charge >= 0.3 is 0 Å². The molecule has 0 aromatic heterocycles. The maximum absolute atomic E-state index is 10.8. The van der Waals surface area contributed by atoms with E-state index in [1.54, 1.807) is 31.2 Å². The van der Waals surface area contributed by atoms with E-state index in [0.717, 1.165) is 5.56 Å². The highest BCUT2D eigenvalue weighted by atomic mass is 79.9. The highest BCUT2D eigenvalue weighted by molar-refractivity contribution is 9.10. The summed E-state index contributed by atoms with van der Waals surface area (Å²) in [5.74, 6) is 0.900. The standard InChI is InChI=1S/C14H9BrN2O3/c1-9-2-4-11(17(18)19)7-14(9)20-13-5-3-10(8-16)6-12(13)15/h2-7H,1H3. The number of benzene rings is 2. The molecule has 0 spiro atoms. The van der Waals surface area contributed by atoms with E-state index >= 15 is 0 Å². The van der Waals surface area contributed by atoms with Crippen molar-refractivity contribution >= 4 is 21.6 Å². The topological polar surface area (TPSA) is 76.2 Å². The van der Waals surface area contributed by atoms with Crippen LogP contribution in [0.5, 0.6) is 11.5 Å². The summed E-state index contributed by atoms with van der Waals surface area (Å²) in [6.07, 6.45) is 0. The fraction of sp³-hybridized carbons (Fsp3) is 0.0714. The van der Waals surface area contributed by atoms with Crippen LogP contribution in [0.2, 0.25) is 0 Å². The Labute approximate surface area is 123 Å². The fourth-order valence-electron chi connectivity index (χ4n) is 1.58. The number of nitriles is 1. The molecular weight excluding hydrogens is 324 g/mol. The third kappa shape index (κ3) is 2.95. The lowest BCUT2D eigenvalue weighted by Crippen LogP contribution is -1.93. The minimum Gasteiger partial charge on any atom is -0.456 e. The van der Waals surface area contributed by atoms with Crippen molar-refractivity contribution in [2.24, 2.45) is 0 Å². The molecule has 2 aromatic carbocycles. The van der Waals surface area contributed by atoms with Gasteiger partial charge in [0.1, 0.15) is 11.5 Å². The van der Waals surface area contributed by atoms with E-state index in [4.69, 9.17) is 10.00 Å². The minimum atomic E-state index is -0.472. The minimum absolute atomic E-state index is 0.0321. The van der Waals surface area contributed by atoms with Crippen LogP contribution in [0.3, 0.4) is 0 Å². The first kappa shape index (κ1) is 14.0. The van der Waals surface area contributed by atoms with Crippen molar-refractivity contribution in [3.05, 3.63) is 62.1 Å². The van der Waals surface area contributed by atoms with E-state index in [-0.39, 0.29) is 5.69 Å². The lowest BCUT2D eigenvalue weighted by Gasteiger charge is -2.10. The van der Waals surface area contributed by atoms with Gasteiger partial charge < -0.3 is 4.74 Å². The van der Waals surface area contributed by atoms with Crippen LogP contribution in [-0.2, 0) is 0 Å². The quantitative estimate of drug-likeness (QED) is 0.619. The van der Waals surface area contributed by atoms with E-state index in [9.17, 15) is 10.1 Å². The maximum Gasteiger partial charge on any atom is 0.273 e. The lowest BCUT2D eigenvalue weighted by atomic mass is 10.2. The summed E-state index contributed by atoms with van der Waals surface area (Å²) in [6, 6.07) is 11.3. The molecule has 0 fully saturated rings. The number of ether oxygens (including phenoxy) is 1. The highest BCUT2D eigenvalue weighted by Gasteiger charge is 2.12. The zero-order valence-corrected chi connectivity index (χ0v) is 12.0. The van der Waals surface area contributed by atoms with Crippen molar-refractivity contribution in [3.63, 3.8) is 0 Å². The van der Waals surface area contributed by atoms with Gasteiger partial charge in [-0.15, -0.1) is 0 Å². The first-order valence-electron chi connectivity index (χ1n) is 5.64. The molecule has 20 heavy (non-hydrogen) atoms. The molecule has 100 valence electrons. The molecule has 0 unspecified atom stereocenters. The summed E-state index contributed by atoms with van der Waals surface area (Å²) in [5.41, 5.74) is 1.25. The van der Waals surface area contributed by atoms with Crippen LogP contribution >= 0.6 is 15.9 Å². The van der Waals surface area contributed by atoms with Crippen molar-refractivity contribution in [2.45, 2.75) is 6.92 Å². The van der Waals surface area contributed by atoms with Gasteiger partial charge in [0.15, 0.2) is 0 Å². The van der Waals surface area contributed by atoms with Crippen molar-refractivity contribution in [1.82, 2.24) is 0 Å². The summed E-state index contributed by atoms with van der Waals surface area (Å²) in [5, 5.41) is 19.6. The van der Waals surface area contributed by atoms with Gasteiger partial charge in [-0.05, 0) is 52.7 Å². The summed E-state index contributed by atoms with van der Waals surface area (Å²) < 4.78 is 6.28. The van der Waals surface area contributed by atoms with Crippen LogP contribution < -0.4 is 4.74 Å². The Morgan fingerprint density at radius 2 is 2.00 bits per heavy atom. The molecule has 0 saturated heterocycles. The number of non-ortho nitro benzene ring substituents is 1. The zero-order chi connectivity index (χ0) is 14.7. The lowest BCUT2D eigenvalue weighted by molar-refractivity contribution is -0.384. The number of hydrogen-bond acceptors (Lipinski definition) is 4. The molecule has 0 heterocycles. The molecule has 2 rings (SSSR count). The fourth-order valence-corrected chi connectivity index (χ4v) is 2.04. The van der Waals surface area contributed by atoms with Gasteiger partial charge in [-0.1, -0.05) is 0 Å². The molecule has 6 heteroatoms. The van der Waals surface area contributed by atoms with Crippen LogP contribution in [0.25, 0.3) is 0 Å². The van der Waals surface area contributed by atoms with E-state index in [1.165, 1.54) is 12.1 Å². The SMILES string of the molecule is Cc1ccc([N+](=O)[O-])cc1Oc1ccc(C#N)cc1Br. The van der Waals surface area contributed by atoms with E-state index in [1.807, 2.05) is 6.07 Å². The number of nitro benzene ring substituents is 1. The zero-order valence-electron chi connectivity index (χ0n) is 10.5. The smallest absolute Gasteiger partial charge is 0.273 e. The normalized spacial score (nSPS) is 9.85. The second kappa shape index (κ2) is 5.72. The second-order valence-corrected chi connectivity index (χ2v) is 4.92. The number of nitro groups is 1. The number of hydrogen-bond donors (Lipinski definition) is 0. The number of halogens is 1. The molecule has 0 aliphatic rings. The molecule has 0 atom stereocenters. The number of rotatable bonds is 3. The van der Waals surface area contributed by atoms with Crippen molar-refractivity contribution in [3.8, 4) is 17.6 Å². The maximum atomic E-state index is 10.8. The predicted molar refractivity (Wildman–Crippen MR) is 76.8 cm³/mol. The molecule has 0 aliphatic heterocycles. The third-order valence-electron chi connectivity index (χ3n) is 2.66. The summed E-state index contributed by atoms with van der Waals surface area (Å²) in [7, 11) is 0. The largest absolute Gasteiger partial charge is 0.456 e. The van der Waals surface area contributed by atoms with Gasteiger partial charge in [0.05, 0.1) is 27.1 Å². The van der Waals surface area contributed by atoms with E-state index in [2.05, 4.69) is 15.9 Å². The van der Waals surface area contributed by atoms with Crippen LogP contribution in [-0.4, -0.2) is 4.92 Å².